The Morgan fingerprint density at radius 3 is 2.41 bits per heavy atom. The highest BCUT2D eigenvalue weighted by Gasteiger charge is 2.35. The summed E-state index contributed by atoms with van der Waals surface area (Å²) in [7, 11) is 0. The van der Waals surface area contributed by atoms with Crippen LogP contribution in [0.1, 0.15) is 19.0 Å². The highest BCUT2D eigenvalue weighted by molar-refractivity contribution is 7.99. The lowest BCUT2D eigenvalue weighted by atomic mass is 10.1. The van der Waals surface area contributed by atoms with Gasteiger partial charge in [-0.2, -0.15) is 0 Å². The van der Waals surface area contributed by atoms with E-state index in [1.807, 2.05) is 5.38 Å². The Morgan fingerprint density at radius 2 is 1.73 bits per heavy atom. The van der Waals surface area contributed by atoms with Crippen molar-refractivity contribution in [3.05, 3.63) is 64.6 Å². The number of benzene rings is 2. The van der Waals surface area contributed by atoms with Gasteiger partial charge in [0, 0.05) is 53.1 Å². The zero-order valence-electron chi connectivity index (χ0n) is 19.8. The molecule has 0 radical (unpaired) electrons. The van der Waals surface area contributed by atoms with Crippen LogP contribution < -0.4 is 20.9 Å². The van der Waals surface area contributed by atoms with Gasteiger partial charge in [-0.1, -0.05) is 11.6 Å². The second-order valence-electron chi connectivity index (χ2n) is 8.31. The third-order valence-electron chi connectivity index (χ3n) is 5.39. The molecular formula is C25H24ClN5O4S2. The van der Waals surface area contributed by atoms with Crippen LogP contribution in [0.25, 0.3) is 0 Å². The number of amides is 4. The number of halogens is 1. The van der Waals surface area contributed by atoms with Gasteiger partial charge < -0.3 is 20.9 Å². The molecule has 1 atom stereocenters. The van der Waals surface area contributed by atoms with Crippen LogP contribution in [-0.2, 0) is 24.9 Å². The second kappa shape index (κ2) is 12.2. The van der Waals surface area contributed by atoms with Gasteiger partial charge in [0.15, 0.2) is 5.13 Å². The molecule has 4 rings (SSSR count). The maximum absolute atomic E-state index is 12.7. The van der Waals surface area contributed by atoms with Crippen molar-refractivity contribution >= 4 is 80.5 Å². The zero-order valence-corrected chi connectivity index (χ0v) is 22.2. The Morgan fingerprint density at radius 1 is 1.05 bits per heavy atom. The third kappa shape index (κ3) is 7.54. The predicted molar refractivity (Wildman–Crippen MR) is 148 cm³/mol. The molecule has 0 saturated carbocycles. The molecule has 37 heavy (non-hydrogen) atoms. The number of aromatic nitrogens is 1. The molecule has 192 valence electrons. The summed E-state index contributed by atoms with van der Waals surface area (Å²) in [6, 6.07) is 13.8. The predicted octanol–water partition coefficient (Wildman–Crippen LogP) is 4.62. The Bertz CT molecular complexity index is 1300. The van der Waals surface area contributed by atoms with E-state index in [1.54, 1.807) is 53.4 Å². The van der Waals surface area contributed by atoms with Crippen molar-refractivity contribution in [2.24, 2.45) is 5.92 Å². The third-order valence-corrected chi connectivity index (χ3v) is 7.41. The van der Waals surface area contributed by atoms with E-state index in [0.29, 0.717) is 39.5 Å². The summed E-state index contributed by atoms with van der Waals surface area (Å²) in [5.41, 5.74) is 2.76. The molecule has 2 heterocycles. The SMILES string of the molecule is CC(=O)Nc1ccc(NC(=O)CSCc2csc(NC(=O)C3CC(=O)N(c4ccc(Cl)cc4)C3)n2)cc1. The number of carbonyl (C=O) groups is 4. The van der Waals surface area contributed by atoms with E-state index in [1.165, 1.54) is 30.0 Å². The molecule has 1 aliphatic heterocycles. The number of thiazole rings is 1. The summed E-state index contributed by atoms with van der Waals surface area (Å²) in [5.74, 6) is -0.404. The Labute approximate surface area is 227 Å². The van der Waals surface area contributed by atoms with Gasteiger partial charge in [0.25, 0.3) is 0 Å². The van der Waals surface area contributed by atoms with E-state index >= 15 is 0 Å². The van der Waals surface area contributed by atoms with Crippen molar-refractivity contribution in [3.63, 3.8) is 0 Å². The number of rotatable bonds is 9. The number of nitrogens with zero attached hydrogens (tertiary/aromatic N) is 2. The molecule has 1 unspecified atom stereocenters. The van der Waals surface area contributed by atoms with Gasteiger partial charge >= 0.3 is 0 Å². The van der Waals surface area contributed by atoms with Crippen LogP contribution in [0.3, 0.4) is 0 Å². The number of anilines is 4. The molecule has 9 nitrogen and oxygen atoms in total. The molecule has 2 aromatic carbocycles. The van der Waals surface area contributed by atoms with Crippen molar-refractivity contribution in [3.8, 4) is 0 Å². The van der Waals surface area contributed by atoms with Gasteiger partial charge in [0.1, 0.15) is 0 Å². The lowest BCUT2D eigenvalue weighted by Crippen LogP contribution is -2.28. The molecule has 0 bridgehead atoms. The molecule has 4 amide bonds. The molecular weight excluding hydrogens is 534 g/mol. The lowest BCUT2D eigenvalue weighted by molar-refractivity contribution is -0.122. The van der Waals surface area contributed by atoms with Crippen LogP contribution in [0.4, 0.5) is 22.2 Å². The van der Waals surface area contributed by atoms with Crippen molar-refractivity contribution in [2.75, 3.05) is 33.1 Å². The largest absolute Gasteiger partial charge is 0.326 e. The molecule has 1 aromatic heterocycles. The molecule has 1 saturated heterocycles. The average Bonchev–Trinajstić information content (AvgIpc) is 3.47. The van der Waals surface area contributed by atoms with E-state index in [2.05, 4.69) is 20.9 Å². The van der Waals surface area contributed by atoms with Crippen molar-refractivity contribution in [1.82, 2.24) is 4.98 Å². The van der Waals surface area contributed by atoms with Gasteiger partial charge in [0.2, 0.25) is 23.6 Å². The molecule has 0 aliphatic carbocycles. The number of thioether (sulfide) groups is 1. The van der Waals surface area contributed by atoms with Gasteiger partial charge in [-0.05, 0) is 48.5 Å². The topological polar surface area (TPSA) is 120 Å². The standard InChI is InChI=1S/C25H24ClN5O4S2/c1-15(32)27-18-4-6-19(7-5-18)28-22(33)14-36-12-20-13-37-25(29-20)30-24(35)16-10-23(34)31(11-16)21-8-2-17(26)3-9-21/h2-9,13,16H,10-12,14H2,1H3,(H,27,32)(H,28,33)(H,29,30,35). The quantitative estimate of drug-likeness (QED) is 0.353. The summed E-state index contributed by atoms with van der Waals surface area (Å²) in [4.78, 5) is 54.5. The van der Waals surface area contributed by atoms with E-state index in [-0.39, 0.29) is 35.8 Å². The number of carbonyl (C=O) groups excluding carboxylic acids is 4. The minimum Gasteiger partial charge on any atom is -0.326 e. The highest BCUT2D eigenvalue weighted by atomic mass is 35.5. The fraction of sp³-hybridized carbons (Fsp3) is 0.240. The first-order valence-corrected chi connectivity index (χ1v) is 13.7. The molecule has 1 fully saturated rings. The second-order valence-corrected chi connectivity index (χ2v) is 10.6. The maximum atomic E-state index is 12.7. The fourth-order valence-corrected chi connectivity index (χ4v) is 5.34. The molecule has 3 aromatic rings. The van der Waals surface area contributed by atoms with E-state index < -0.39 is 5.92 Å². The first kappa shape index (κ1) is 26.6. The van der Waals surface area contributed by atoms with Crippen LogP contribution in [0.15, 0.2) is 53.9 Å². The first-order chi connectivity index (χ1) is 17.8. The molecule has 3 N–H and O–H groups in total. The lowest BCUT2D eigenvalue weighted by Gasteiger charge is -2.16. The maximum Gasteiger partial charge on any atom is 0.234 e. The monoisotopic (exact) mass is 557 g/mol. The van der Waals surface area contributed by atoms with E-state index in [0.717, 1.165) is 5.69 Å². The number of hydrogen-bond acceptors (Lipinski definition) is 7. The summed E-state index contributed by atoms with van der Waals surface area (Å²) >= 11 is 8.62. The fourth-order valence-electron chi connectivity index (χ4n) is 3.68. The smallest absolute Gasteiger partial charge is 0.234 e. The van der Waals surface area contributed by atoms with Crippen LogP contribution in [-0.4, -0.2) is 40.9 Å². The van der Waals surface area contributed by atoms with Crippen molar-refractivity contribution < 1.29 is 19.2 Å². The summed E-state index contributed by atoms with van der Waals surface area (Å²) < 4.78 is 0. The average molecular weight is 558 g/mol. The van der Waals surface area contributed by atoms with Crippen molar-refractivity contribution in [2.45, 2.75) is 19.1 Å². The van der Waals surface area contributed by atoms with Gasteiger partial charge in [-0.15, -0.1) is 23.1 Å². The van der Waals surface area contributed by atoms with Gasteiger partial charge in [0.05, 0.1) is 17.4 Å². The Balaban J connectivity index is 1.20. The minimum absolute atomic E-state index is 0.111. The Hall–Kier alpha value is -3.41. The van der Waals surface area contributed by atoms with Crippen LogP contribution in [0.2, 0.25) is 5.02 Å². The number of hydrogen-bond donors (Lipinski definition) is 3. The van der Waals surface area contributed by atoms with E-state index in [4.69, 9.17) is 11.6 Å². The van der Waals surface area contributed by atoms with E-state index in [9.17, 15) is 19.2 Å². The summed E-state index contributed by atoms with van der Waals surface area (Å²) in [6.45, 7) is 1.73. The van der Waals surface area contributed by atoms with Crippen LogP contribution in [0, 0.1) is 5.92 Å². The summed E-state index contributed by atoms with van der Waals surface area (Å²) in [6.07, 6.45) is 0.133. The van der Waals surface area contributed by atoms with Crippen LogP contribution in [0.5, 0.6) is 0 Å². The minimum atomic E-state index is -0.471. The normalized spacial score (nSPS) is 14.9. The molecule has 0 spiro atoms. The Kier molecular flexibility index (Phi) is 8.80. The van der Waals surface area contributed by atoms with Crippen molar-refractivity contribution in [1.29, 1.82) is 0 Å². The van der Waals surface area contributed by atoms with Gasteiger partial charge in [-0.25, -0.2) is 4.98 Å². The van der Waals surface area contributed by atoms with Gasteiger partial charge in [-0.3, -0.25) is 19.2 Å². The zero-order chi connectivity index (χ0) is 26.4. The van der Waals surface area contributed by atoms with Crippen LogP contribution >= 0.6 is 34.7 Å². The molecule has 12 heteroatoms. The highest BCUT2D eigenvalue weighted by Crippen LogP contribution is 2.28. The first-order valence-electron chi connectivity index (χ1n) is 11.3. The summed E-state index contributed by atoms with van der Waals surface area (Å²) in [5, 5.41) is 11.2. The number of nitrogens with one attached hydrogen (secondary N) is 3. The molecule has 1 aliphatic rings.